The number of aryl methyl sites for hydroxylation is 1. The Labute approximate surface area is 183 Å². The number of aliphatic hydroxyl groups is 1. The maximum Gasteiger partial charge on any atom is 0.333 e. The van der Waals surface area contributed by atoms with Crippen LogP contribution >= 0.6 is 0 Å². The number of carbonyl (C=O) groups excluding carboxylic acids is 1. The van der Waals surface area contributed by atoms with Crippen molar-refractivity contribution in [1.82, 2.24) is 4.72 Å². The van der Waals surface area contributed by atoms with Crippen LogP contribution in [0.3, 0.4) is 0 Å². The number of urea groups is 1. The summed E-state index contributed by atoms with van der Waals surface area (Å²) in [7, 11) is -4.22. The Kier molecular flexibility index (Phi) is 5.64. The van der Waals surface area contributed by atoms with Crippen LogP contribution < -0.4 is 10.0 Å². The first kappa shape index (κ1) is 21.9. The minimum atomic E-state index is -4.22. The van der Waals surface area contributed by atoms with Gasteiger partial charge in [-0.15, -0.1) is 0 Å². The van der Waals surface area contributed by atoms with Gasteiger partial charge in [0, 0.05) is 17.3 Å². The number of sulfonamides is 1. The highest BCUT2D eigenvalue weighted by molar-refractivity contribution is 7.89. The summed E-state index contributed by atoms with van der Waals surface area (Å²) in [6, 6.07) is 4.64. The number of furan rings is 1. The summed E-state index contributed by atoms with van der Waals surface area (Å²) in [4.78, 5) is 12.7. The zero-order valence-corrected chi connectivity index (χ0v) is 19.0. The molecule has 1 fully saturated rings. The van der Waals surface area contributed by atoms with Crippen LogP contribution in [-0.4, -0.2) is 19.6 Å². The number of nitrogens with one attached hydrogen (secondary N) is 2. The number of benzene rings is 1. The minimum absolute atomic E-state index is 0.297. The van der Waals surface area contributed by atoms with E-state index >= 15 is 0 Å². The zero-order chi connectivity index (χ0) is 22.4. The first-order valence-electron chi connectivity index (χ1n) is 10.9. The fourth-order valence-electron chi connectivity index (χ4n) is 4.49. The average molecular weight is 447 g/mol. The number of hydrogen-bond donors (Lipinski definition) is 3. The summed E-state index contributed by atoms with van der Waals surface area (Å²) in [5.74, 6) is 0.890. The molecule has 0 radical (unpaired) electrons. The van der Waals surface area contributed by atoms with Crippen LogP contribution in [0.1, 0.15) is 74.6 Å². The van der Waals surface area contributed by atoms with Gasteiger partial charge in [0.2, 0.25) is 5.09 Å². The van der Waals surface area contributed by atoms with Crippen LogP contribution in [0.4, 0.5) is 10.5 Å². The highest BCUT2D eigenvalue weighted by Crippen LogP contribution is 2.44. The van der Waals surface area contributed by atoms with Gasteiger partial charge in [-0.1, -0.05) is 25.5 Å². The molecule has 2 aliphatic carbocycles. The van der Waals surface area contributed by atoms with Crippen molar-refractivity contribution in [3.63, 3.8) is 0 Å². The molecule has 1 heterocycles. The molecule has 1 saturated carbocycles. The molecule has 8 heteroatoms. The van der Waals surface area contributed by atoms with Gasteiger partial charge >= 0.3 is 6.03 Å². The van der Waals surface area contributed by atoms with E-state index in [1.54, 1.807) is 0 Å². The third kappa shape index (κ3) is 4.36. The summed E-state index contributed by atoms with van der Waals surface area (Å²) in [5, 5.41) is 12.5. The number of hydrogen-bond acceptors (Lipinski definition) is 5. The molecule has 0 unspecified atom stereocenters. The van der Waals surface area contributed by atoms with Gasteiger partial charge in [0.15, 0.2) is 0 Å². The van der Waals surface area contributed by atoms with Crippen LogP contribution in [0.2, 0.25) is 0 Å². The van der Waals surface area contributed by atoms with E-state index in [1.165, 1.54) is 51.0 Å². The van der Waals surface area contributed by atoms with Gasteiger partial charge in [0.05, 0.1) is 11.9 Å². The van der Waals surface area contributed by atoms with E-state index in [2.05, 4.69) is 24.4 Å². The second kappa shape index (κ2) is 7.98. The number of amides is 2. The molecule has 1 aromatic heterocycles. The first-order chi connectivity index (χ1) is 14.6. The summed E-state index contributed by atoms with van der Waals surface area (Å²) in [5.41, 5.74) is 3.20. The molecule has 0 aliphatic heterocycles. The molecule has 0 saturated heterocycles. The van der Waals surface area contributed by atoms with Crippen LogP contribution in [0, 0.1) is 5.92 Å². The summed E-state index contributed by atoms with van der Waals surface area (Å²) in [6.07, 6.45) is 7.63. The fraction of sp³-hybridized carbons (Fsp3) is 0.522. The van der Waals surface area contributed by atoms with Crippen molar-refractivity contribution in [2.45, 2.75) is 75.9 Å². The normalized spacial score (nSPS) is 17.7. The Bertz CT molecular complexity index is 1090. The van der Waals surface area contributed by atoms with E-state index in [1.807, 2.05) is 4.72 Å². The monoisotopic (exact) mass is 446 g/mol. The van der Waals surface area contributed by atoms with Crippen molar-refractivity contribution in [2.75, 3.05) is 5.32 Å². The van der Waals surface area contributed by atoms with Crippen molar-refractivity contribution in [1.29, 1.82) is 0 Å². The second-order valence-corrected chi connectivity index (χ2v) is 10.9. The van der Waals surface area contributed by atoms with Crippen molar-refractivity contribution in [3.8, 4) is 0 Å². The molecule has 31 heavy (non-hydrogen) atoms. The van der Waals surface area contributed by atoms with E-state index in [4.69, 9.17) is 4.42 Å². The van der Waals surface area contributed by atoms with Crippen LogP contribution in [0.15, 0.2) is 34.0 Å². The Morgan fingerprint density at radius 2 is 1.97 bits per heavy atom. The largest absolute Gasteiger partial charge is 0.451 e. The first-order valence-corrected chi connectivity index (χ1v) is 12.3. The smallest absolute Gasteiger partial charge is 0.333 e. The van der Waals surface area contributed by atoms with Crippen molar-refractivity contribution in [2.24, 2.45) is 5.92 Å². The summed E-state index contributed by atoms with van der Waals surface area (Å²) in [6.45, 7) is 5.23. The number of anilines is 1. The predicted molar refractivity (Wildman–Crippen MR) is 118 cm³/mol. The van der Waals surface area contributed by atoms with Gasteiger partial charge in [-0.05, 0) is 74.5 Å². The average Bonchev–Trinajstić information content (AvgIpc) is 3.29. The zero-order valence-electron chi connectivity index (χ0n) is 18.2. The Morgan fingerprint density at radius 1 is 1.23 bits per heavy atom. The molecule has 0 spiro atoms. The maximum absolute atomic E-state index is 12.7. The maximum atomic E-state index is 12.7. The molecule has 2 amide bonds. The lowest BCUT2D eigenvalue weighted by atomic mass is 9.73. The standard InChI is InChI=1S/C23H30N2O5S/c1-14(15-6-4-7-15)18-11-10-16-8-5-9-19(16)21(18)24-22(26)25-31(28,29)20-12-17(13-30-20)23(2,3)27/h10-15,27H,4-9H2,1-3H3,(H2,24,25,26)/t14-/m1/s1. The third-order valence-electron chi connectivity index (χ3n) is 6.67. The molecular weight excluding hydrogens is 416 g/mol. The number of carbonyl (C=O) groups is 1. The third-order valence-corrected chi connectivity index (χ3v) is 7.87. The molecule has 4 rings (SSSR count). The van der Waals surface area contributed by atoms with Gasteiger partial charge in [-0.25, -0.2) is 9.52 Å². The molecule has 0 bridgehead atoms. The Morgan fingerprint density at radius 3 is 2.58 bits per heavy atom. The van der Waals surface area contributed by atoms with Crippen molar-refractivity contribution >= 4 is 21.7 Å². The molecule has 3 N–H and O–H groups in total. The Balaban J connectivity index is 1.57. The number of rotatable bonds is 6. The highest BCUT2D eigenvalue weighted by Gasteiger charge is 2.31. The lowest BCUT2D eigenvalue weighted by Crippen LogP contribution is -2.35. The van der Waals surface area contributed by atoms with Gasteiger partial charge in [0.25, 0.3) is 10.0 Å². The van der Waals surface area contributed by atoms with Gasteiger partial charge in [0.1, 0.15) is 0 Å². The van der Waals surface area contributed by atoms with Gasteiger partial charge in [-0.2, -0.15) is 8.42 Å². The fourth-order valence-corrected chi connectivity index (χ4v) is 5.35. The summed E-state index contributed by atoms with van der Waals surface area (Å²) < 4.78 is 32.4. The molecule has 1 aromatic carbocycles. The van der Waals surface area contributed by atoms with Crippen molar-refractivity contribution in [3.05, 3.63) is 46.7 Å². The lowest BCUT2D eigenvalue weighted by Gasteiger charge is -2.33. The molecular formula is C23H30N2O5S. The second-order valence-electron chi connectivity index (χ2n) is 9.27. The molecule has 2 aromatic rings. The van der Waals surface area contributed by atoms with E-state index in [9.17, 15) is 18.3 Å². The molecule has 1 atom stereocenters. The molecule has 168 valence electrons. The predicted octanol–water partition coefficient (Wildman–Crippen LogP) is 4.41. The highest BCUT2D eigenvalue weighted by atomic mass is 32.2. The SMILES string of the molecule is C[C@@H](c1ccc2c(c1NC(=O)NS(=O)(=O)c1cc(C(C)(C)O)co1)CCC2)C1CCC1. The Hall–Kier alpha value is -2.32. The van der Waals surface area contributed by atoms with Crippen molar-refractivity contribution < 1.29 is 22.7 Å². The van der Waals surface area contributed by atoms with Crippen LogP contribution in [0.5, 0.6) is 0 Å². The molecule has 7 nitrogen and oxygen atoms in total. The van der Waals surface area contributed by atoms with E-state index in [0.717, 1.165) is 36.1 Å². The number of fused-ring (bicyclic) bond motifs is 1. The quantitative estimate of drug-likeness (QED) is 0.609. The van der Waals surface area contributed by atoms with Gasteiger partial charge < -0.3 is 14.8 Å². The minimum Gasteiger partial charge on any atom is -0.451 e. The van der Waals surface area contributed by atoms with E-state index in [-0.39, 0.29) is 0 Å². The molecule has 2 aliphatic rings. The van der Waals surface area contributed by atoms with E-state index in [0.29, 0.717) is 17.4 Å². The lowest BCUT2D eigenvalue weighted by molar-refractivity contribution is 0.0779. The topological polar surface area (TPSA) is 109 Å². The summed E-state index contributed by atoms with van der Waals surface area (Å²) >= 11 is 0. The van der Waals surface area contributed by atoms with Crippen LogP contribution in [-0.2, 0) is 28.5 Å². The van der Waals surface area contributed by atoms with Gasteiger partial charge in [-0.3, -0.25) is 0 Å². The van der Waals surface area contributed by atoms with E-state index < -0.39 is 26.7 Å². The van der Waals surface area contributed by atoms with Crippen LogP contribution in [0.25, 0.3) is 0 Å².